The van der Waals surface area contributed by atoms with E-state index >= 15 is 0 Å². The minimum absolute atomic E-state index is 0.510. The molecule has 88 valence electrons. The number of hydroxylamine groups is 1. The summed E-state index contributed by atoms with van der Waals surface area (Å²) in [7, 11) is 1.51. The average molecular weight is 229 g/mol. The van der Waals surface area contributed by atoms with Crippen molar-refractivity contribution >= 4 is 5.71 Å². The fraction of sp³-hybridized carbons (Fsp3) is 0.231. The quantitative estimate of drug-likeness (QED) is 0.378. The molecule has 0 fully saturated rings. The molecule has 0 spiro atoms. The van der Waals surface area contributed by atoms with E-state index in [1.807, 2.05) is 31.2 Å². The van der Waals surface area contributed by atoms with E-state index in [9.17, 15) is 5.21 Å². The zero-order valence-electron chi connectivity index (χ0n) is 9.97. The van der Waals surface area contributed by atoms with E-state index in [0.29, 0.717) is 12.1 Å². The molecule has 0 bridgehead atoms. The van der Waals surface area contributed by atoms with Gasteiger partial charge in [-0.1, -0.05) is 17.7 Å². The molecule has 0 radical (unpaired) electrons. The van der Waals surface area contributed by atoms with Crippen LogP contribution in [0.3, 0.4) is 0 Å². The minimum Gasteiger partial charge on any atom is -0.624 e. The van der Waals surface area contributed by atoms with E-state index in [0.717, 1.165) is 21.7 Å². The summed E-state index contributed by atoms with van der Waals surface area (Å²) in [5, 5.41) is 11.6. The van der Waals surface area contributed by atoms with Gasteiger partial charge in [-0.2, -0.15) is 0 Å². The van der Waals surface area contributed by atoms with Crippen LogP contribution in [0.15, 0.2) is 36.7 Å². The molecule has 2 aromatic rings. The number of nitrogens with one attached hydrogen (secondary N) is 1. The smallest absolute Gasteiger partial charge is 0.201 e. The predicted molar refractivity (Wildman–Crippen MR) is 67.1 cm³/mol. The molecule has 4 nitrogen and oxygen atoms in total. The fourth-order valence-corrected chi connectivity index (χ4v) is 1.77. The van der Waals surface area contributed by atoms with Gasteiger partial charge in [-0.25, -0.2) is 9.72 Å². The van der Waals surface area contributed by atoms with E-state index in [2.05, 4.69) is 9.97 Å². The Hall–Kier alpha value is -2.10. The maximum absolute atomic E-state index is 11.6. The van der Waals surface area contributed by atoms with Crippen LogP contribution >= 0.6 is 0 Å². The highest BCUT2D eigenvalue weighted by molar-refractivity contribution is 5.98. The highest BCUT2D eigenvalue weighted by Crippen LogP contribution is 2.08. The van der Waals surface area contributed by atoms with Gasteiger partial charge in [0.15, 0.2) is 0 Å². The first-order valence-corrected chi connectivity index (χ1v) is 5.49. The molecule has 1 heterocycles. The molecule has 0 aliphatic rings. The van der Waals surface area contributed by atoms with Crippen LogP contribution in [0.25, 0.3) is 0 Å². The summed E-state index contributed by atoms with van der Waals surface area (Å²) >= 11 is 0. The van der Waals surface area contributed by atoms with E-state index in [-0.39, 0.29) is 0 Å². The fourth-order valence-electron chi connectivity index (χ4n) is 1.77. The van der Waals surface area contributed by atoms with E-state index < -0.39 is 0 Å². The first-order valence-electron chi connectivity index (χ1n) is 5.49. The second kappa shape index (κ2) is 4.82. The van der Waals surface area contributed by atoms with Gasteiger partial charge in [0.1, 0.15) is 12.9 Å². The summed E-state index contributed by atoms with van der Waals surface area (Å²) in [6.45, 7) is 2.01. The van der Waals surface area contributed by atoms with Crippen LogP contribution in [0.2, 0.25) is 0 Å². The standard InChI is InChI=1S/C13H15N3O/c1-10-4-3-5-11(8-10)12(16(2)17)9-13-14-6-7-15-13/h3-8H,9H2,1-2H3,(H,14,15)/b16-12+. The maximum Gasteiger partial charge on any atom is 0.201 e. The Morgan fingerprint density at radius 1 is 1.47 bits per heavy atom. The number of aryl methyl sites for hydroxylation is 1. The zero-order valence-corrected chi connectivity index (χ0v) is 9.97. The molecule has 0 amide bonds. The van der Waals surface area contributed by atoms with Crippen molar-refractivity contribution in [3.8, 4) is 0 Å². The van der Waals surface area contributed by atoms with Crippen LogP contribution in [0.4, 0.5) is 0 Å². The summed E-state index contributed by atoms with van der Waals surface area (Å²) in [6.07, 6.45) is 3.96. The van der Waals surface area contributed by atoms with Gasteiger partial charge in [0, 0.05) is 18.0 Å². The van der Waals surface area contributed by atoms with Crippen molar-refractivity contribution in [1.29, 1.82) is 0 Å². The summed E-state index contributed by atoms with van der Waals surface area (Å²) in [6, 6.07) is 7.92. The molecule has 4 heteroatoms. The molecule has 0 saturated carbocycles. The third-order valence-electron chi connectivity index (χ3n) is 2.62. The molecular formula is C13H15N3O. The van der Waals surface area contributed by atoms with E-state index in [1.54, 1.807) is 12.4 Å². The number of hydrogen-bond acceptors (Lipinski definition) is 2. The third-order valence-corrected chi connectivity index (χ3v) is 2.62. The van der Waals surface area contributed by atoms with Crippen LogP contribution in [0.1, 0.15) is 17.0 Å². The van der Waals surface area contributed by atoms with Gasteiger partial charge in [0.2, 0.25) is 5.71 Å². The lowest BCUT2D eigenvalue weighted by Crippen LogP contribution is -2.17. The van der Waals surface area contributed by atoms with Gasteiger partial charge >= 0.3 is 0 Å². The molecule has 0 aliphatic heterocycles. The van der Waals surface area contributed by atoms with Crippen molar-refractivity contribution in [3.05, 3.63) is 58.8 Å². The van der Waals surface area contributed by atoms with Crippen LogP contribution in [0, 0.1) is 12.1 Å². The van der Waals surface area contributed by atoms with Crippen LogP contribution < -0.4 is 0 Å². The van der Waals surface area contributed by atoms with Gasteiger partial charge in [-0.3, -0.25) is 0 Å². The number of aromatic nitrogens is 2. The largest absolute Gasteiger partial charge is 0.624 e. The van der Waals surface area contributed by atoms with Gasteiger partial charge in [0.25, 0.3) is 0 Å². The Morgan fingerprint density at radius 2 is 2.29 bits per heavy atom. The molecule has 17 heavy (non-hydrogen) atoms. The molecule has 1 aromatic carbocycles. The monoisotopic (exact) mass is 229 g/mol. The van der Waals surface area contributed by atoms with Gasteiger partial charge in [-0.05, 0) is 19.1 Å². The SMILES string of the molecule is Cc1cccc(/C(Cc2ncc[nH]2)=[N+](\C)[O-])c1. The lowest BCUT2D eigenvalue weighted by molar-refractivity contribution is -0.423. The van der Waals surface area contributed by atoms with Crippen LogP contribution in [-0.2, 0) is 6.42 Å². The molecule has 1 aromatic heterocycles. The van der Waals surface area contributed by atoms with Crippen molar-refractivity contribution in [2.24, 2.45) is 0 Å². The van der Waals surface area contributed by atoms with Gasteiger partial charge < -0.3 is 10.2 Å². The van der Waals surface area contributed by atoms with Gasteiger partial charge in [0.05, 0.1) is 6.42 Å². The molecule has 2 rings (SSSR count). The molecule has 0 saturated heterocycles. The summed E-state index contributed by atoms with van der Waals surface area (Å²) in [5.74, 6) is 0.796. The Labute approximate surface area is 100 Å². The molecule has 0 unspecified atom stereocenters. The van der Waals surface area contributed by atoms with Crippen molar-refractivity contribution in [2.75, 3.05) is 7.05 Å². The number of imidazole rings is 1. The number of hydrogen-bond donors (Lipinski definition) is 1. The van der Waals surface area contributed by atoms with E-state index in [1.165, 1.54) is 7.05 Å². The van der Waals surface area contributed by atoms with Gasteiger partial charge in [-0.15, -0.1) is 0 Å². The Morgan fingerprint density at radius 3 is 2.88 bits per heavy atom. The normalized spacial score (nSPS) is 12.4. The predicted octanol–water partition coefficient (Wildman–Crippen LogP) is 1.89. The van der Waals surface area contributed by atoms with Crippen molar-refractivity contribution < 1.29 is 4.74 Å². The number of benzene rings is 1. The highest BCUT2D eigenvalue weighted by atomic mass is 16.5. The summed E-state index contributed by atoms with van der Waals surface area (Å²) in [5.41, 5.74) is 2.80. The average Bonchev–Trinajstić information content (AvgIpc) is 2.78. The minimum atomic E-state index is 0.510. The number of rotatable bonds is 3. The second-order valence-electron chi connectivity index (χ2n) is 4.03. The third kappa shape index (κ3) is 2.72. The zero-order chi connectivity index (χ0) is 12.3. The lowest BCUT2D eigenvalue weighted by atomic mass is 10.0. The Bertz CT molecular complexity index is 525. The Balaban J connectivity index is 2.34. The van der Waals surface area contributed by atoms with Crippen LogP contribution in [-0.4, -0.2) is 27.5 Å². The van der Waals surface area contributed by atoms with Crippen molar-refractivity contribution in [3.63, 3.8) is 0 Å². The van der Waals surface area contributed by atoms with E-state index in [4.69, 9.17) is 0 Å². The summed E-state index contributed by atoms with van der Waals surface area (Å²) < 4.78 is 0.900. The number of nitrogens with zero attached hydrogens (tertiary/aromatic N) is 2. The highest BCUT2D eigenvalue weighted by Gasteiger charge is 2.13. The first-order chi connectivity index (χ1) is 8.16. The maximum atomic E-state index is 11.6. The van der Waals surface area contributed by atoms with Crippen molar-refractivity contribution in [2.45, 2.75) is 13.3 Å². The Kier molecular flexibility index (Phi) is 3.23. The molecule has 0 atom stereocenters. The number of H-pyrrole nitrogens is 1. The lowest BCUT2D eigenvalue weighted by Gasteiger charge is -2.07. The first kappa shape index (κ1) is 11.4. The molecular weight excluding hydrogens is 214 g/mol. The van der Waals surface area contributed by atoms with Crippen molar-refractivity contribution in [1.82, 2.24) is 9.97 Å². The second-order valence-corrected chi connectivity index (χ2v) is 4.03. The topological polar surface area (TPSA) is 54.8 Å². The molecule has 0 aliphatic carbocycles. The summed E-state index contributed by atoms with van der Waals surface area (Å²) in [4.78, 5) is 7.15. The number of aromatic amines is 1. The molecule has 1 N–H and O–H groups in total. The van der Waals surface area contributed by atoms with Crippen LogP contribution in [0.5, 0.6) is 0 Å².